The molecule has 3 aromatic rings. The Labute approximate surface area is 193 Å². The van der Waals surface area contributed by atoms with Gasteiger partial charge in [-0.25, -0.2) is 14.1 Å². The van der Waals surface area contributed by atoms with Crippen LogP contribution in [0.15, 0.2) is 78.5 Å². The Morgan fingerprint density at radius 1 is 1.06 bits per heavy atom. The van der Waals surface area contributed by atoms with Gasteiger partial charge < -0.3 is 15.4 Å². The lowest BCUT2D eigenvalue weighted by Crippen LogP contribution is -2.30. The van der Waals surface area contributed by atoms with Crippen molar-refractivity contribution < 1.29 is 23.5 Å². The monoisotopic (exact) mass is 465 g/mol. The number of nitrogens with one attached hydrogen (secondary N) is 2. The van der Waals surface area contributed by atoms with Crippen LogP contribution in [0, 0.1) is 5.82 Å². The van der Waals surface area contributed by atoms with Crippen molar-refractivity contribution in [3.63, 3.8) is 0 Å². The quantitative estimate of drug-likeness (QED) is 0.411. The van der Waals surface area contributed by atoms with Crippen LogP contribution in [0.3, 0.4) is 0 Å². The molecule has 9 heteroatoms. The summed E-state index contributed by atoms with van der Waals surface area (Å²) in [5.41, 5.74) is 1.60. The fraction of sp³-hybridized carbons (Fsp3) is 0.0417. The summed E-state index contributed by atoms with van der Waals surface area (Å²) < 4.78 is 18.4. The number of nitrogens with zero attached hydrogens (tertiary/aromatic N) is 1. The summed E-state index contributed by atoms with van der Waals surface area (Å²) in [4.78, 5) is 38.0. The van der Waals surface area contributed by atoms with E-state index in [2.05, 4.69) is 10.6 Å². The maximum absolute atomic E-state index is 12.9. The van der Waals surface area contributed by atoms with Crippen LogP contribution in [-0.2, 0) is 9.59 Å². The zero-order valence-corrected chi connectivity index (χ0v) is 17.8. The maximum Gasteiger partial charge on any atom is 0.333 e. The van der Waals surface area contributed by atoms with Crippen molar-refractivity contribution in [2.45, 2.75) is 0 Å². The number of amides is 4. The van der Waals surface area contributed by atoms with Crippen molar-refractivity contribution >= 4 is 46.9 Å². The van der Waals surface area contributed by atoms with Gasteiger partial charge in [0.15, 0.2) is 6.61 Å². The van der Waals surface area contributed by atoms with Gasteiger partial charge in [0.05, 0.1) is 5.69 Å². The fourth-order valence-corrected chi connectivity index (χ4v) is 3.28. The van der Waals surface area contributed by atoms with Crippen molar-refractivity contribution in [1.29, 1.82) is 0 Å². The molecule has 1 aliphatic rings. The fourth-order valence-electron chi connectivity index (χ4n) is 3.09. The first kappa shape index (κ1) is 22.0. The maximum atomic E-state index is 12.9. The highest BCUT2D eigenvalue weighted by molar-refractivity contribution is 6.32. The molecule has 0 bridgehead atoms. The molecule has 0 radical (unpaired) electrons. The van der Waals surface area contributed by atoms with Gasteiger partial charge in [0.2, 0.25) is 0 Å². The predicted molar refractivity (Wildman–Crippen MR) is 122 cm³/mol. The predicted octanol–water partition coefficient (Wildman–Crippen LogP) is 4.59. The van der Waals surface area contributed by atoms with Crippen molar-refractivity contribution in [3.8, 4) is 5.75 Å². The van der Waals surface area contributed by atoms with Crippen LogP contribution in [0.4, 0.5) is 20.6 Å². The lowest BCUT2D eigenvalue weighted by molar-refractivity contribution is -0.118. The van der Waals surface area contributed by atoms with Gasteiger partial charge in [-0.05, 0) is 66.2 Å². The normalized spacial score (nSPS) is 14.4. The molecular weight excluding hydrogens is 449 g/mol. The van der Waals surface area contributed by atoms with E-state index >= 15 is 0 Å². The molecule has 0 atom stereocenters. The average molecular weight is 466 g/mol. The van der Waals surface area contributed by atoms with Crippen molar-refractivity contribution in [3.05, 3.63) is 94.9 Å². The third kappa shape index (κ3) is 5.36. The minimum atomic E-state index is -0.569. The number of benzene rings is 3. The summed E-state index contributed by atoms with van der Waals surface area (Å²) in [7, 11) is 0. The Hall–Kier alpha value is -4.17. The van der Waals surface area contributed by atoms with Crippen LogP contribution in [0.1, 0.15) is 5.56 Å². The summed E-state index contributed by atoms with van der Waals surface area (Å²) in [5, 5.41) is 5.56. The molecule has 0 saturated carbocycles. The van der Waals surface area contributed by atoms with Crippen LogP contribution in [-0.4, -0.2) is 24.5 Å². The zero-order valence-electron chi connectivity index (χ0n) is 17.0. The standard InChI is InChI=1S/C24H17ClFN3O4/c25-16-2-1-3-19(13-16)29-23(31)21(28-24(29)32)12-15-4-10-20(11-5-15)33-14-22(30)27-18-8-6-17(26)7-9-18/h1-13H,14H2,(H,27,30)(H,28,32). The Morgan fingerprint density at radius 2 is 1.79 bits per heavy atom. The Balaban J connectivity index is 1.37. The van der Waals surface area contributed by atoms with Crippen LogP contribution in [0.2, 0.25) is 5.02 Å². The SMILES string of the molecule is O=C(COc1ccc(C=C2NC(=O)N(c3cccc(Cl)c3)C2=O)cc1)Nc1ccc(F)cc1. The topological polar surface area (TPSA) is 87.7 Å². The van der Waals surface area contributed by atoms with E-state index in [9.17, 15) is 18.8 Å². The number of carbonyl (C=O) groups excluding carboxylic acids is 3. The van der Waals surface area contributed by atoms with Crippen molar-refractivity contribution in [2.75, 3.05) is 16.8 Å². The molecule has 7 nitrogen and oxygen atoms in total. The summed E-state index contributed by atoms with van der Waals surface area (Å²) in [6.45, 7) is -0.235. The van der Waals surface area contributed by atoms with Gasteiger partial charge in [-0.15, -0.1) is 0 Å². The third-order valence-corrected chi connectivity index (χ3v) is 4.87. The van der Waals surface area contributed by atoms with E-state index < -0.39 is 23.7 Å². The van der Waals surface area contributed by atoms with Gasteiger partial charge in [0, 0.05) is 10.7 Å². The summed E-state index contributed by atoms with van der Waals surface area (Å²) in [6, 6.07) is 17.9. The van der Waals surface area contributed by atoms with Gasteiger partial charge in [-0.2, -0.15) is 0 Å². The van der Waals surface area contributed by atoms with E-state index in [1.165, 1.54) is 36.4 Å². The second kappa shape index (κ2) is 9.54. The number of rotatable bonds is 6. The minimum Gasteiger partial charge on any atom is -0.484 e. The van der Waals surface area contributed by atoms with Gasteiger partial charge in [0.1, 0.15) is 17.3 Å². The van der Waals surface area contributed by atoms with E-state index in [1.54, 1.807) is 42.5 Å². The van der Waals surface area contributed by atoms with E-state index in [1.807, 2.05) is 0 Å². The number of carbonyl (C=O) groups is 3. The molecule has 166 valence electrons. The molecule has 1 fully saturated rings. The Kier molecular flexibility index (Phi) is 6.37. The molecule has 33 heavy (non-hydrogen) atoms. The van der Waals surface area contributed by atoms with Gasteiger partial charge in [-0.3, -0.25) is 9.59 Å². The highest BCUT2D eigenvalue weighted by Crippen LogP contribution is 2.25. The van der Waals surface area contributed by atoms with Crippen LogP contribution in [0.5, 0.6) is 5.75 Å². The summed E-state index contributed by atoms with van der Waals surface area (Å²) in [6.07, 6.45) is 1.54. The average Bonchev–Trinajstić information content (AvgIpc) is 3.07. The molecule has 1 saturated heterocycles. The minimum absolute atomic E-state index is 0.118. The summed E-state index contributed by atoms with van der Waals surface area (Å²) >= 11 is 5.96. The second-order valence-electron chi connectivity index (χ2n) is 7.02. The Bertz CT molecular complexity index is 1240. The zero-order chi connectivity index (χ0) is 23.4. The molecule has 1 aliphatic heterocycles. The molecule has 2 N–H and O–H groups in total. The van der Waals surface area contributed by atoms with Crippen molar-refractivity contribution in [2.24, 2.45) is 0 Å². The van der Waals surface area contributed by atoms with E-state index in [4.69, 9.17) is 16.3 Å². The molecule has 3 aromatic carbocycles. The van der Waals surface area contributed by atoms with Crippen LogP contribution in [0.25, 0.3) is 6.08 Å². The van der Waals surface area contributed by atoms with Gasteiger partial charge >= 0.3 is 6.03 Å². The molecular formula is C24H17ClFN3O4. The number of halogens is 2. The molecule has 0 aromatic heterocycles. The highest BCUT2D eigenvalue weighted by atomic mass is 35.5. The van der Waals surface area contributed by atoms with E-state index in [0.717, 1.165) is 4.90 Å². The van der Waals surface area contributed by atoms with Crippen LogP contribution >= 0.6 is 11.6 Å². The lowest BCUT2D eigenvalue weighted by Gasteiger charge is -2.11. The number of urea groups is 1. The first-order valence-electron chi connectivity index (χ1n) is 9.80. The second-order valence-corrected chi connectivity index (χ2v) is 7.46. The molecule has 0 unspecified atom stereocenters. The van der Waals surface area contributed by atoms with Crippen molar-refractivity contribution in [1.82, 2.24) is 5.32 Å². The first-order valence-corrected chi connectivity index (χ1v) is 10.2. The molecule has 4 rings (SSSR count). The smallest absolute Gasteiger partial charge is 0.333 e. The number of imide groups is 1. The number of ether oxygens (including phenoxy) is 1. The molecule has 0 spiro atoms. The molecule has 4 amide bonds. The van der Waals surface area contributed by atoms with E-state index in [0.29, 0.717) is 27.7 Å². The molecule has 1 heterocycles. The van der Waals surface area contributed by atoms with E-state index in [-0.39, 0.29) is 12.3 Å². The Morgan fingerprint density at radius 3 is 2.48 bits per heavy atom. The number of hydrogen-bond acceptors (Lipinski definition) is 4. The van der Waals surface area contributed by atoms with Gasteiger partial charge in [-0.1, -0.05) is 29.8 Å². The molecule has 0 aliphatic carbocycles. The third-order valence-electron chi connectivity index (χ3n) is 4.63. The number of hydrogen-bond donors (Lipinski definition) is 2. The number of anilines is 2. The highest BCUT2D eigenvalue weighted by Gasteiger charge is 2.34. The van der Waals surface area contributed by atoms with Crippen LogP contribution < -0.4 is 20.3 Å². The largest absolute Gasteiger partial charge is 0.484 e. The summed E-state index contributed by atoms with van der Waals surface area (Å²) in [5.74, 6) is -0.850. The van der Waals surface area contributed by atoms with Gasteiger partial charge in [0.25, 0.3) is 11.8 Å². The lowest BCUT2D eigenvalue weighted by atomic mass is 10.2. The first-order chi connectivity index (χ1) is 15.9.